The molecule has 0 bridgehead atoms. The summed E-state index contributed by atoms with van der Waals surface area (Å²) >= 11 is 9.32. The monoisotopic (exact) mass is 354 g/mol. The van der Waals surface area contributed by atoms with E-state index >= 15 is 0 Å². The van der Waals surface area contributed by atoms with Crippen LogP contribution in [0.25, 0.3) is 0 Å². The Labute approximate surface area is 132 Å². The van der Waals surface area contributed by atoms with Crippen molar-refractivity contribution in [1.82, 2.24) is 0 Å². The Morgan fingerprint density at radius 3 is 2.40 bits per heavy atom. The molecule has 0 amide bonds. The molecule has 0 saturated heterocycles. The highest BCUT2D eigenvalue weighted by atomic mass is 79.9. The maximum absolute atomic E-state index is 10.4. The Bertz CT molecular complexity index is 569. The number of aliphatic hydroxyl groups is 1. The largest absolute Gasteiger partial charge is 0.494 e. The lowest BCUT2D eigenvalue weighted by atomic mass is 10.0. The molecule has 1 atom stereocenters. The van der Waals surface area contributed by atoms with E-state index in [1.165, 1.54) is 0 Å². The van der Waals surface area contributed by atoms with Crippen molar-refractivity contribution in [2.24, 2.45) is 0 Å². The number of hydrogen-bond donors (Lipinski definition) is 1. The summed E-state index contributed by atoms with van der Waals surface area (Å²) in [4.78, 5) is 0. The zero-order valence-electron chi connectivity index (χ0n) is 11.1. The lowest BCUT2D eigenvalue weighted by Gasteiger charge is -2.13. The van der Waals surface area contributed by atoms with Gasteiger partial charge in [-0.2, -0.15) is 0 Å². The summed E-state index contributed by atoms with van der Waals surface area (Å²) in [6.45, 7) is 2.77. The fourth-order valence-electron chi connectivity index (χ4n) is 1.84. The quantitative estimate of drug-likeness (QED) is 0.820. The van der Waals surface area contributed by atoms with Gasteiger partial charge in [0.05, 0.1) is 11.6 Å². The summed E-state index contributed by atoms with van der Waals surface area (Å²) in [5.74, 6) is 0.820. The third kappa shape index (κ3) is 3.75. The van der Waals surface area contributed by atoms with Gasteiger partial charge in [0, 0.05) is 4.47 Å². The van der Waals surface area contributed by atoms with Crippen LogP contribution in [-0.2, 0) is 0 Å². The van der Waals surface area contributed by atoms with Crippen LogP contribution in [0, 0.1) is 0 Å². The SMILES string of the molecule is CCCOc1ccc(C(O)c2ccc(Cl)c(Br)c2)cc1. The molecular formula is C16H16BrClO2. The molecule has 20 heavy (non-hydrogen) atoms. The molecular weight excluding hydrogens is 340 g/mol. The van der Waals surface area contributed by atoms with Gasteiger partial charge in [-0.25, -0.2) is 0 Å². The van der Waals surface area contributed by atoms with Crippen LogP contribution in [0.1, 0.15) is 30.6 Å². The van der Waals surface area contributed by atoms with Gasteiger partial charge in [0.1, 0.15) is 11.9 Å². The Kier molecular flexibility index (Phi) is 5.46. The minimum atomic E-state index is -0.677. The van der Waals surface area contributed by atoms with E-state index in [-0.39, 0.29) is 0 Å². The third-order valence-corrected chi connectivity index (χ3v) is 4.14. The van der Waals surface area contributed by atoms with Crippen molar-refractivity contribution in [3.63, 3.8) is 0 Å². The summed E-state index contributed by atoms with van der Waals surface area (Å²) in [5, 5.41) is 11.0. The normalized spacial score (nSPS) is 12.2. The smallest absolute Gasteiger partial charge is 0.119 e. The number of ether oxygens (including phenoxy) is 1. The van der Waals surface area contributed by atoms with Gasteiger partial charge in [0.15, 0.2) is 0 Å². The van der Waals surface area contributed by atoms with Crippen molar-refractivity contribution < 1.29 is 9.84 Å². The maximum Gasteiger partial charge on any atom is 0.119 e. The van der Waals surface area contributed by atoms with Crippen molar-refractivity contribution in [1.29, 1.82) is 0 Å². The average molecular weight is 356 g/mol. The van der Waals surface area contributed by atoms with Crippen molar-refractivity contribution >= 4 is 27.5 Å². The molecule has 1 unspecified atom stereocenters. The third-order valence-electron chi connectivity index (χ3n) is 2.93. The molecule has 2 aromatic carbocycles. The average Bonchev–Trinajstić information content (AvgIpc) is 2.48. The highest BCUT2D eigenvalue weighted by molar-refractivity contribution is 9.10. The van der Waals surface area contributed by atoms with Gasteiger partial charge in [-0.1, -0.05) is 36.7 Å². The molecule has 0 fully saturated rings. The predicted octanol–water partition coefficient (Wildman–Crippen LogP) is 4.97. The van der Waals surface area contributed by atoms with E-state index in [9.17, 15) is 5.11 Å². The van der Waals surface area contributed by atoms with Crippen LogP contribution in [0.15, 0.2) is 46.9 Å². The summed E-state index contributed by atoms with van der Waals surface area (Å²) in [7, 11) is 0. The van der Waals surface area contributed by atoms with Crippen LogP contribution < -0.4 is 4.74 Å². The minimum absolute atomic E-state index is 0.629. The van der Waals surface area contributed by atoms with Crippen LogP contribution in [0.2, 0.25) is 5.02 Å². The van der Waals surface area contributed by atoms with E-state index in [1.54, 1.807) is 6.07 Å². The van der Waals surface area contributed by atoms with Crippen molar-refractivity contribution in [2.45, 2.75) is 19.4 Å². The molecule has 0 aliphatic rings. The zero-order chi connectivity index (χ0) is 14.5. The van der Waals surface area contributed by atoms with Crippen LogP contribution in [0.5, 0.6) is 5.75 Å². The van der Waals surface area contributed by atoms with Crippen LogP contribution >= 0.6 is 27.5 Å². The van der Waals surface area contributed by atoms with Gasteiger partial charge in [-0.15, -0.1) is 0 Å². The molecule has 2 nitrogen and oxygen atoms in total. The number of aliphatic hydroxyl groups excluding tert-OH is 1. The molecule has 0 spiro atoms. The molecule has 106 valence electrons. The summed E-state index contributed by atoms with van der Waals surface area (Å²) in [6.07, 6.45) is 0.298. The van der Waals surface area contributed by atoms with Gasteiger partial charge < -0.3 is 9.84 Å². The number of halogens is 2. The molecule has 0 heterocycles. The van der Waals surface area contributed by atoms with Crippen LogP contribution in [0.4, 0.5) is 0 Å². The number of hydrogen-bond acceptors (Lipinski definition) is 2. The molecule has 0 aromatic heterocycles. The summed E-state index contributed by atoms with van der Waals surface area (Å²) < 4.78 is 6.30. The molecule has 0 aliphatic carbocycles. The number of benzene rings is 2. The highest BCUT2D eigenvalue weighted by Crippen LogP contribution is 2.29. The standard InChI is InChI=1S/C16H16BrClO2/c1-2-9-20-13-6-3-11(4-7-13)16(19)12-5-8-15(18)14(17)10-12/h3-8,10,16,19H,2,9H2,1H3. The summed E-state index contributed by atoms with van der Waals surface area (Å²) in [6, 6.07) is 12.9. The number of rotatable bonds is 5. The molecule has 1 N–H and O–H groups in total. The van der Waals surface area contributed by atoms with Crippen molar-refractivity contribution in [3.8, 4) is 5.75 Å². The molecule has 0 aliphatic heterocycles. The van der Waals surface area contributed by atoms with Gasteiger partial charge in [-0.3, -0.25) is 0 Å². The highest BCUT2D eigenvalue weighted by Gasteiger charge is 2.12. The fourth-order valence-corrected chi connectivity index (χ4v) is 2.36. The van der Waals surface area contributed by atoms with E-state index in [0.29, 0.717) is 11.6 Å². The van der Waals surface area contributed by atoms with E-state index in [2.05, 4.69) is 22.9 Å². The van der Waals surface area contributed by atoms with Gasteiger partial charge >= 0.3 is 0 Å². The van der Waals surface area contributed by atoms with E-state index in [1.807, 2.05) is 36.4 Å². The fraction of sp³-hybridized carbons (Fsp3) is 0.250. The second kappa shape index (κ2) is 7.11. The first-order valence-electron chi connectivity index (χ1n) is 6.47. The zero-order valence-corrected chi connectivity index (χ0v) is 13.5. The van der Waals surface area contributed by atoms with Crippen molar-refractivity contribution in [2.75, 3.05) is 6.61 Å². The van der Waals surface area contributed by atoms with Crippen LogP contribution in [-0.4, -0.2) is 11.7 Å². The first kappa shape index (κ1) is 15.4. The second-order valence-corrected chi connectivity index (χ2v) is 5.76. The Hall–Kier alpha value is -1.03. The molecule has 0 radical (unpaired) electrons. The lowest BCUT2D eigenvalue weighted by molar-refractivity contribution is 0.220. The van der Waals surface area contributed by atoms with Crippen molar-refractivity contribution in [3.05, 3.63) is 63.1 Å². The van der Waals surface area contributed by atoms with Crippen LogP contribution in [0.3, 0.4) is 0 Å². The lowest BCUT2D eigenvalue weighted by Crippen LogP contribution is -2.00. The summed E-state index contributed by atoms with van der Waals surface area (Å²) in [5.41, 5.74) is 1.62. The first-order valence-corrected chi connectivity index (χ1v) is 7.64. The topological polar surface area (TPSA) is 29.5 Å². The van der Waals surface area contributed by atoms with E-state index < -0.39 is 6.10 Å². The Morgan fingerprint density at radius 1 is 1.15 bits per heavy atom. The molecule has 2 aromatic rings. The maximum atomic E-state index is 10.4. The second-order valence-electron chi connectivity index (χ2n) is 4.49. The Morgan fingerprint density at radius 2 is 1.80 bits per heavy atom. The molecule has 2 rings (SSSR count). The van der Waals surface area contributed by atoms with Gasteiger partial charge in [-0.05, 0) is 57.7 Å². The first-order chi connectivity index (χ1) is 9.61. The van der Waals surface area contributed by atoms with Gasteiger partial charge in [0.25, 0.3) is 0 Å². The molecule has 4 heteroatoms. The van der Waals surface area contributed by atoms with E-state index in [4.69, 9.17) is 16.3 Å². The molecule has 0 saturated carbocycles. The predicted molar refractivity (Wildman–Crippen MR) is 85.4 cm³/mol. The van der Waals surface area contributed by atoms with E-state index in [0.717, 1.165) is 27.8 Å². The minimum Gasteiger partial charge on any atom is -0.494 e. The Balaban J connectivity index is 2.15. The van der Waals surface area contributed by atoms with Gasteiger partial charge in [0.2, 0.25) is 0 Å².